The van der Waals surface area contributed by atoms with Crippen LogP contribution in [-0.2, 0) is 11.2 Å². The van der Waals surface area contributed by atoms with Gasteiger partial charge in [0.2, 0.25) is 6.08 Å². The number of rotatable bonds is 4. The molecule has 0 radical (unpaired) electrons. The van der Waals surface area contributed by atoms with Gasteiger partial charge in [-0.15, -0.1) is 0 Å². The van der Waals surface area contributed by atoms with Gasteiger partial charge in [0.1, 0.15) is 0 Å². The Labute approximate surface area is 103 Å². The Balaban J connectivity index is 2.14. The van der Waals surface area contributed by atoms with Crippen molar-refractivity contribution in [3.05, 3.63) is 35.9 Å². The Morgan fingerprint density at radius 3 is 2.76 bits per heavy atom. The molecule has 17 heavy (non-hydrogen) atoms. The standard InChI is InChI=1S/C15H19NO/c1-13-7-8-15(9-13,11-16-12-17)10-14-5-3-2-4-6-14/h2-6,13H,7-11H2,1H3/t13-,15-/m1/s1. The number of isocyanates is 1. The van der Waals surface area contributed by atoms with E-state index in [0.29, 0.717) is 6.54 Å². The summed E-state index contributed by atoms with van der Waals surface area (Å²) in [5.74, 6) is 0.751. The van der Waals surface area contributed by atoms with Crippen LogP contribution < -0.4 is 0 Å². The zero-order chi connectivity index (χ0) is 12.1. The first kappa shape index (κ1) is 12.1. The van der Waals surface area contributed by atoms with Gasteiger partial charge in [0.05, 0.1) is 6.54 Å². The molecule has 2 rings (SSSR count). The molecule has 0 spiro atoms. The van der Waals surface area contributed by atoms with Gasteiger partial charge in [0, 0.05) is 0 Å². The van der Waals surface area contributed by atoms with Crippen molar-refractivity contribution in [2.45, 2.75) is 32.6 Å². The molecule has 90 valence electrons. The van der Waals surface area contributed by atoms with Gasteiger partial charge in [-0.2, -0.15) is 0 Å². The lowest BCUT2D eigenvalue weighted by Crippen LogP contribution is -2.24. The predicted octanol–water partition coefficient (Wildman–Crippen LogP) is 3.37. The molecular formula is C15H19NO. The van der Waals surface area contributed by atoms with Gasteiger partial charge in [-0.25, -0.2) is 9.79 Å². The van der Waals surface area contributed by atoms with E-state index < -0.39 is 0 Å². The highest BCUT2D eigenvalue weighted by atomic mass is 16.1. The maximum Gasteiger partial charge on any atom is 0.234 e. The van der Waals surface area contributed by atoms with Gasteiger partial charge >= 0.3 is 0 Å². The molecule has 1 aromatic rings. The Morgan fingerprint density at radius 1 is 1.41 bits per heavy atom. The second-order valence-corrected chi connectivity index (χ2v) is 5.42. The number of nitrogens with zero attached hydrogens (tertiary/aromatic N) is 1. The van der Waals surface area contributed by atoms with E-state index >= 15 is 0 Å². The molecule has 1 aliphatic rings. The van der Waals surface area contributed by atoms with Crippen molar-refractivity contribution in [3.63, 3.8) is 0 Å². The minimum Gasteiger partial charge on any atom is -0.211 e. The Bertz CT molecular complexity index is 408. The second-order valence-electron chi connectivity index (χ2n) is 5.42. The molecule has 0 saturated heterocycles. The van der Waals surface area contributed by atoms with Crippen molar-refractivity contribution in [3.8, 4) is 0 Å². The fourth-order valence-electron chi connectivity index (χ4n) is 3.08. The summed E-state index contributed by atoms with van der Waals surface area (Å²) in [7, 11) is 0. The highest BCUT2D eigenvalue weighted by Gasteiger charge is 2.37. The van der Waals surface area contributed by atoms with Crippen LogP contribution in [0.25, 0.3) is 0 Å². The summed E-state index contributed by atoms with van der Waals surface area (Å²) in [6, 6.07) is 10.5. The average Bonchev–Trinajstić information content (AvgIpc) is 2.70. The van der Waals surface area contributed by atoms with E-state index in [2.05, 4.69) is 36.2 Å². The fraction of sp³-hybridized carbons (Fsp3) is 0.533. The number of carbonyl (C=O) groups excluding carboxylic acids is 1. The highest BCUT2D eigenvalue weighted by Crippen LogP contribution is 2.44. The first-order chi connectivity index (χ1) is 8.24. The van der Waals surface area contributed by atoms with Crippen molar-refractivity contribution in [2.75, 3.05) is 6.54 Å². The molecule has 0 bridgehead atoms. The minimum atomic E-state index is 0.193. The van der Waals surface area contributed by atoms with Crippen molar-refractivity contribution in [2.24, 2.45) is 16.3 Å². The van der Waals surface area contributed by atoms with Crippen LogP contribution in [0.5, 0.6) is 0 Å². The van der Waals surface area contributed by atoms with Gasteiger partial charge in [-0.1, -0.05) is 43.7 Å². The van der Waals surface area contributed by atoms with Crippen LogP contribution in [0, 0.1) is 11.3 Å². The van der Waals surface area contributed by atoms with E-state index in [1.807, 2.05) is 6.07 Å². The minimum absolute atomic E-state index is 0.193. The summed E-state index contributed by atoms with van der Waals surface area (Å²) in [6.45, 7) is 2.92. The van der Waals surface area contributed by atoms with E-state index in [4.69, 9.17) is 0 Å². The largest absolute Gasteiger partial charge is 0.234 e. The maximum atomic E-state index is 10.3. The van der Waals surface area contributed by atoms with Crippen molar-refractivity contribution < 1.29 is 4.79 Å². The van der Waals surface area contributed by atoms with E-state index in [1.165, 1.54) is 24.8 Å². The summed E-state index contributed by atoms with van der Waals surface area (Å²) in [5.41, 5.74) is 1.54. The smallest absolute Gasteiger partial charge is 0.211 e. The third-order valence-electron chi connectivity index (χ3n) is 3.85. The zero-order valence-corrected chi connectivity index (χ0v) is 10.4. The number of hydrogen-bond donors (Lipinski definition) is 0. The van der Waals surface area contributed by atoms with Gasteiger partial charge in [0.15, 0.2) is 0 Å². The molecule has 1 saturated carbocycles. The monoisotopic (exact) mass is 229 g/mol. The van der Waals surface area contributed by atoms with Crippen molar-refractivity contribution >= 4 is 6.08 Å². The molecular weight excluding hydrogens is 210 g/mol. The SMILES string of the molecule is C[C@@H]1CC[C@](CN=C=O)(Cc2ccccc2)C1. The Morgan fingerprint density at radius 2 is 2.18 bits per heavy atom. The molecule has 1 aromatic carbocycles. The third kappa shape index (κ3) is 3.04. The van der Waals surface area contributed by atoms with E-state index in [-0.39, 0.29) is 5.41 Å². The summed E-state index contributed by atoms with van der Waals surface area (Å²) < 4.78 is 0. The Kier molecular flexibility index (Phi) is 3.75. The zero-order valence-electron chi connectivity index (χ0n) is 10.4. The average molecular weight is 229 g/mol. The Hall–Kier alpha value is -1.40. The normalized spacial score (nSPS) is 27.7. The van der Waals surface area contributed by atoms with Crippen molar-refractivity contribution in [1.82, 2.24) is 0 Å². The van der Waals surface area contributed by atoms with Crippen LogP contribution in [0.2, 0.25) is 0 Å². The van der Waals surface area contributed by atoms with Gasteiger partial charge < -0.3 is 0 Å². The molecule has 2 atom stereocenters. The van der Waals surface area contributed by atoms with Gasteiger partial charge in [0.25, 0.3) is 0 Å². The molecule has 0 aromatic heterocycles. The quantitative estimate of drug-likeness (QED) is 0.575. The summed E-state index contributed by atoms with van der Waals surface area (Å²) in [6.07, 6.45) is 6.33. The fourth-order valence-corrected chi connectivity index (χ4v) is 3.08. The lowest BCUT2D eigenvalue weighted by atomic mass is 9.79. The molecule has 0 aliphatic heterocycles. The van der Waals surface area contributed by atoms with Crippen LogP contribution in [0.1, 0.15) is 31.7 Å². The van der Waals surface area contributed by atoms with Crippen LogP contribution in [0.15, 0.2) is 35.3 Å². The molecule has 0 heterocycles. The molecule has 1 aliphatic carbocycles. The summed E-state index contributed by atoms with van der Waals surface area (Å²) >= 11 is 0. The van der Waals surface area contributed by atoms with Crippen LogP contribution >= 0.6 is 0 Å². The van der Waals surface area contributed by atoms with Crippen molar-refractivity contribution in [1.29, 1.82) is 0 Å². The molecule has 2 heteroatoms. The van der Waals surface area contributed by atoms with Gasteiger partial charge in [-0.05, 0) is 36.2 Å². The number of benzene rings is 1. The molecule has 1 fully saturated rings. The molecule has 0 N–H and O–H groups in total. The van der Waals surface area contributed by atoms with Crippen LogP contribution in [0.3, 0.4) is 0 Å². The first-order valence-electron chi connectivity index (χ1n) is 6.32. The summed E-state index contributed by atoms with van der Waals surface area (Å²) in [4.78, 5) is 14.2. The number of aliphatic imine (C=N–C) groups is 1. The molecule has 2 nitrogen and oxygen atoms in total. The number of hydrogen-bond acceptors (Lipinski definition) is 2. The maximum absolute atomic E-state index is 10.3. The first-order valence-corrected chi connectivity index (χ1v) is 6.32. The van der Waals surface area contributed by atoms with Crippen LogP contribution in [0.4, 0.5) is 0 Å². The van der Waals surface area contributed by atoms with Crippen LogP contribution in [-0.4, -0.2) is 12.6 Å². The van der Waals surface area contributed by atoms with E-state index in [1.54, 1.807) is 6.08 Å². The highest BCUT2D eigenvalue weighted by molar-refractivity contribution is 5.33. The lowest BCUT2D eigenvalue weighted by molar-refractivity contribution is 0.296. The topological polar surface area (TPSA) is 29.4 Å². The molecule has 0 unspecified atom stereocenters. The third-order valence-corrected chi connectivity index (χ3v) is 3.85. The predicted molar refractivity (Wildman–Crippen MR) is 68.6 cm³/mol. The molecule has 0 amide bonds. The second kappa shape index (κ2) is 5.29. The van der Waals surface area contributed by atoms with E-state index in [0.717, 1.165) is 12.3 Å². The lowest BCUT2D eigenvalue weighted by Gasteiger charge is -2.27. The summed E-state index contributed by atoms with van der Waals surface area (Å²) in [5, 5.41) is 0. The van der Waals surface area contributed by atoms with E-state index in [9.17, 15) is 4.79 Å². The van der Waals surface area contributed by atoms with Gasteiger partial charge in [-0.3, -0.25) is 0 Å².